The fourth-order valence-electron chi connectivity index (χ4n) is 6.58. The molecule has 0 aliphatic rings. The van der Waals surface area contributed by atoms with E-state index >= 15 is 0 Å². The van der Waals surface area contributed by atoms with E-state index in [0.29, 0.717) is 0 Å². The van der Waals surface area contributed by atoms with Crippen molar-refractivity contribution in [1.29, 1.82) is 0 Å². The predicted molar refractivity (Wildman–Crippen MR) is 168 cm³/mol. The van der Waals surface area contributed by atoms with Crippen molar-refractivity contribution in [3.05, 3.63) is 215 Å². The van der Waals surface area contributed by atoms with Crippen molar-refractivity contribution in [2.45, 2.75) is 23.7 Å². The zero-order valence-corrected chi connectivity index (χ0v) is 22.7. The molecule has 0 nitrogen and oxygen atoms in total. The van der Waals surface area contributed by atoms with Crippen LogP contribution < -0.4 is 0 Å². The van der Waals surface area contributed by atoms with E-state index in [1.54, 1.807) is 0 Å². The molecule has 0 aliphatic heterocycles. The largest absolute Gasteiger partial charge is 0.0622 e. The second-order valence-electron chi connectivity index (χ2n) is 10.5. The zero-order valence-electron chi connectivity index (χ0n) is 22.7. The molecule has 0 saturated carbocycles. The summed E-state index contributed by atoms with van der Waals surface area (Å²) in [4.78, 5) is 0. The molecule has 0 amide bonds. The first kappa shape index (κ1) is 25.6. The SMILES string of the molecule is c1ccc(C(CCC(c2ccccc2)(c2ccccc2)c2ccccc2)(c2ccccc2)c2ccccc2)cc1. The molecule has 194 valence electrons. The van der Waals surface area contributed by atoms with Gasteiger partial charge < -0.3 is 0 Å². The van der Waals surface area contributed by atoms with Crippen LogP contribution in [0.4, 0.5) is 0 Å². The van der Waals surface area contributed by atoms with Gasteiger partial charge in [0.25, 0.3) is 0 Å². The Kier molecular flexibility index (Phi) is 7.42. The molecule has 0 saturated heterocycles. The third kappa shape index (κ3) is 4.67. The first-order valence-electron chi connectivity index (χ1n) is 14.2. The Morgan fingerprint density at radius 1 is 0.225 bits per heavy atom. The lowest BCUT2D eigenvalue weighted by Crippen LogP contribution is -2.36. The molecule has 0 atom stereocenters. The molecule has 0 N–H and O–H groups in total. The zero-order chi connectivity index (χ0) is 27.1. The molecule has 40 heavy (non-hydrogen) atoms. The van der Waals surface area contributed by atoms with Crippen LogP contribution in [0.25, 0.3) is 0 Å². The maximum atomic E-state index is 2.30. The molecule has 0 radical (unpaired) electrons. The van der Waals surface area contributed by atoms with Gasteiger partial charge in [0.2, 0.25) is 0 Å². The van der Waals surface area contributed by atoms with Gasteiger partial charge in [-0.05, 0) is 46.2 Å². The minimum absolute atomic E-state index is 0.326. The number of hydrogen-bond acceptors (Lipinski definition) is 0. The van der Waals surface area contributed by atoms with Crippen LogP contribution in [0.2, 0.25) is 0 Å². The van der Waals surface area contributed by atoms with Gasteiger partial charge in [0.15, 0.2) is 0 Å². The van der Waals surface area contributed by atoms with Gasteiger partial charge in [-0.15, -0.1) is 0 Å². The Labute approximate surface area is 238 Å². The van der Waals surface area contributed by atoms with Crippen molar-refractivity contribution in [3.63, 3.8) is 0 Å². The van der Waals surface area contributed by atoms with E-state index in [-0.39, 0.29) is 10.8 Å². The van der Waals surface area contributed by atoms with Crippen molar-refractivity contribution >= 4 is 0 Å². The van der Waals surface area contributed by atoms with Crippen LogP contribution in [-0.4, -0.2) is 0 Å². The summed E-state index contributed by atoms with van der Waals surface area (Å²) in [6.45, 7) is 0. The van der Waals surface area contributed by atoms with Crippen LogP contribution >= 0.6 is 0 Å². The highest BCUT2D eigenvalue weighted by molar-refractivity contribution is 5.54. The van der Waals surface area contributed by atoms with Gasteiger partial charge in [-0.25, -0.2) is 0 Å². The normalized spacial score (nSPS) is 11.7. The molecule has 6 aromatic carbocycles. The lowest BCUT2D eigenvalue weighted by molar-refractivity contribution is 0.452. The molecule has 0 fully saturated rings. The Hall–Kier alpha value is -4.68. The second-order valence-corrected chi connectivity index (χ2v) is 10.5. The molecule has 0 bridgehead atoms. The van der Waals surface area contributed by atoms with Gasteiger partial charge >= 0.3 is 0 Å². The van der Waals surface area contributed by atoms with Crippen LogP contribution in [0.5, 0.6) is 0 Å². The maximum Gasteiger partial charge on any atom is 0.0451 e. The summed E-state index contributed by atoms with van der Waals surface area (Å²) >= 11 is 0. The van der Waals surface area contributed by atoms with Crippen molar-refractivity contribution in [3.8, 4) is 0 Å². The van der Waals surface area contributed by atoms with Crippen molar-refractivity contribution in [1.82, 2.24) is 0 Å². The van der Waals surface area contributed by atoms with Crippen LogP contribution in [0.1, 0.15) is 46.2 Å². The Bertz CT molecular complexity index is 1270. The van der Waals surface area contributed by atoms with E-state index < -0.39 is 0 Å². The van der Waals surface area contributed by atoms with E-state index in [4.69, 9.17) is 0 Å². The first-order chi connectivity index (χ1) is 19.8. The third-order valence-electron chi connectivity index (χ3n) is 8.47. The highest BCUT2D eigenvalue weighted by Crippen LogP contribution is 2.49. The number of hydrogen-bond donors (Lipinski definition) is 0. The smallest absolute Gasteiger partial charge is 0.0451 e. The highest BCUT2D eigenvalue weighted by Gasteiger charge is 2.42. The Morgan fingerprint density at radius 2 is 0.375 bits per heavy atom. The van der Waals surface area contributed by atoms with Crippen LogP contribution in [-0.2, 0) is 10.8 Å². The first-order valence-corrected chi connectivity index (χ1v) is 14.2. The van der Waals surface area contributed by atoms with Gasteiger partial charge in [0.1, 0.15) is 0 Å². The summed E-state index contributed by atoms with van der Waals surface area (Å²) in [5.74, 6) is 0. The van der Waals surface area contributed by atoms with E-state index in [1.807, 2.05) is 0 Å². The summed E-state index contributed by atoms with van der Waals surface area (Å²) in [7, 11) is 0. The maximum absolute atomic E-state index is 2.30. The minimum atomic E-state index is -0.326. The highest BCUT2D eigenvalue weighted by atomic mass is 14.4. The molecule has 0 heterocycles. The second kappa shape index (κ2) is 11.6. The molecule has 0 aromatic heterocycles. The van der Waals surface area contributed by atoms with Crippen LogP contribution in [0.15, 0.2) is 182 Å². The summed E-state index contributed by atoms with van der Waals surface area (Å²) in [5, 5.41) is 0. The van der Waals surface area contributed by atoms with E-state index in [1.165, 1.54) is 33.4 Å². The van der Waals surface area contributed by atoms with Crippen LogP contribution in [0.3, 0.4) is 0 Å². The molecule has 0 aliphatic carbocycles. The predicted octanol–water partition coefficient (Wildman–Crippen LogP) is 9.84. The topological polar surface area (TPSA) is 0 Å². The Balaban J connectivity index is 1.62. The molecule has 6 rings (SSSR count). The molecular weight excluding hydrogens is 480 g/mol. The third-order valence-corrected chi connectivity index (χ3v) is 8.47. The molecule has 0 heteroatoms. The molecule has 6 aromatic rings. The monoisotopic (exact) mass is 514 g/mol. The van der Waals surface area contributed by atoms with E-state index in [2.05, 4.69) is 182 Å². The minimum Gasteiger partial charge on any atom is -0.0622 e. The van der Waals surface area contributed by atoms with Crippen molar-refractivity contribution < 1.29 is 0 Å². The lowest BCUT2D eigenvalue weighted by Gasteiger charge is -2.42. The fraction of sp³-hybridized carbons (Fsp3) is 0.100. The fourth-order valence-corrected chi connectivity index (χ4v) is 6.58. The summed E-state index contributed by atoms with van der Waals surface area (Å²) in [6, 6.07) is 66.4. The molecule has 0 spiro atoms. The van der Waals surface area contributed by atoms with E-state index in [0.717, 1.165) is 12.8 Å². The van der Waals surface area contributed by atoms with Gasteiger partial charge in [-0.1, -0.05) is 182 Å². The van der Waals surface area contributed by atoms with Crippen LogP contribution in [0, 0.1) is 0 Å². The Morgan fingerprint density at radius 3 is 0.525 bits per heavy atom. The lowest BCUT2D eigenvalue weighted by atomic mass is 9.60. The quantitative estimate of drug-likeness (QED) is 0.168. The summed E-state index contributed by atoms with van der Waals surface area (Å²) in [6.07, 6.45) is 1.84. The van der Waals surface area contributed by atoms with Gasteiger partial charge in [-0.2, -0.15) is 0 Å². The van der Waals surface area contributed by atoms with Gasteiger partial charge in [0.05, 0.1) is 0 Å². The average Bonchev–Trinajstić information content (AvgIpc) is 3.06. The standard InChI is InChI=1S/C40H34/c1-7-19-33(20-8-1)39(34-21-9-2-10-22-34,35-23-11-3-12-24-35)31-32-40(36-25-13-4-14-26-36,37-27-15-5-16-28-37)38-29-17-6-18-30-38/h1-30H,31-32H2. The van der Waals surface area contributed by atoms with Gasteiger partial charge in [0, 0.05) is 10.8 Å². The summed E-state index contributed by atoms with van der Waals surface area (Å²) < 4.78 is 0. The summed E-state index contributed by atoms with van der Waals surface area (Å²) in [5.41, 5.74) is 7.24. The van der Waals surface area contributed by atoms with Crippen molar-refractivity contribution in [2.75, 3.05) is 0 Å². The number of rotatable bonds is 9. The molecule has 0 unspecified atom stereocenters. The number of benzene rings is 6. The molecular formula is C40H34. The van der Waals surface area contributed by atoms with Crippen molar-refractivity contribution in [2.24, 2.45) is 0 Å². The average molecular weight is 515 g/mol. The van der Waals surface area contributed by atoms with Gasteiger partial charge in [-0.3, -0.25) is 0 Å². The van der Waals surface area contributed by atoms with E-state index in [9.17, 15) is 0 Å².